The minimum atomic E-state index is -4.57. The number of rotatable bonds is 5. The lowest BCUT2D eigenvalue weighted by atomic mass is 9.84. The number of hydrogen-bond acceptors (Lipinski definition) is 5. The van der Waals surface area contributed by atoms with Crippen molar-refractivity contribution >= 4 is 17.7 Å². The Morgan fingerprint density at radius 1 is 1.11 bits per heavy atom. The Balaban J connectivity index is 1.41. The van der Waals surface area contributed by atoms with E-state index in [0.29, 0.717) is 51.9 Å². The number of nitrogens with zero attached hydrogens (tertiary/aromatic N) is 3. The molecule has 3 saturated heterocycles. The molecule has 3 fully saturated rings. The summed E-state index contributed by atoms with van der Waals surface area (Å²) in [5.41, 5.74) is 3.44. The number of piperidine rings is 2. The van der Waals surface area contributed by atoms with Gasteiger partial charge in [-0.1, -0.05) is 12.1 Å². The van der Waals surface area contributed by atoms with Crippen LogP contribution in [0.2, 0.25) is 0 Å². The summed E-state index contributed by atoms with van der Waals surface area (Å²) in [6.07, 6.45) is -2.87. The second-order valence-corrected chi connectivity index (χ2v) is 10.5. The summed E-state index contributed by atoms with van der Waals surface area (Å²) < 4.78 is 43.0. The number of hydrogen-bond donors (Lipinski definition) is 1. The lowest BCUT2D eigenvalue weighted by Gasteiger charge is -2.45. The van der Waals surface area contributed by atoms with Gasteiger partial charge in [-0.2, -0.15) is 13.2 Å². The van der Waals surface area contributed by atoms with Crippen molar-refractivity contribution in [3.8, 4) is 0 Å². The Labute approximate surface area is 210 Å². The largest absolute Gasteiger partial charge is 0.481 e. The van der Waals surface area contributed by atoms with Crippen molar-refractivity contribution in [2.75, 3.05) is 37.6 Å². The number of anilines is 1. The van der Waals surface area contributed by atoms with Crippen molar-refractivity contribution in [1.82, 2.24) is 9.80 Å². The highest BCUT2D eigenvalue weighted by atomic mass is 19.4. The molecule has 0 saturated carbocycles. The molecule has 1 unspecified atom stereocenters. The lowest BCUT2D eigenvalue weighted by Crippen LogP contribution is -2.53. The number of benzene rings is 1. The molecular weight excluding hydrogens is 475 g/mol. The molecule has 3 aliphatic rings. The van der Waals surface area contributed by atoms with Crippen molar-refractivity contribution in [1.29, 1.82) is 0 Å². The van der Waals surface area contributed by atoms with Crippen LogP contribution in [0.15, 0.2) is 18.2 Å². The molecule has 0 bridgehead atoms. The second kappa shape index (κ2) is 10.5. The van der Waals surface area contributed by atoms with E-state index < -0.39 is 24.3 Å². The van der Waals surface area contributed by atoms with Gasteiger partial charge in [-0.05, 0) is 76.1 Å². The summed E-state index contributed by atoms with van der Waals surface area (Å²) in [5, 5.41) is 9.35. The molecule has 36 heavy (non-hydrogen) atoms. The molecule has 4 rings (SSSR count). The molecule has 1 spiro atoms. The molecule has 0 aliphatic carbocycles. The molecule has 1 amide bonds. The highest BCUT2D eigenvalue weighted by molar-refractivity contribution is 5.70. The molecular formula is C26H36F3N3O4. The van der Waals surface area contributed by atoms with Gasteiger partial charge in [-0.15, -0.1) is 0 Å². The first kappa shape index (κ1) is 26.6. The van der Waals surface area contributed by atoms with Gasteiger partial charge in [0.2, 0.25) is 0 Å². The summed E-state index contributed by atoms with van der Waals surface area (Å²) in [5.74, 6) is -1.01. The van der Waals surface area contributed by atoms with Gasteiger partial charge >= 0.3 is 18.2 Å². The zero-order valence-electron chi connectivity index (χ0n) is 21.0. The molecule has 1 atom stereocenters. The van der Waals surface area contributed by atoms with Crippen LogP contribution >= 0.6 is 0 Å². The minimum absolute atomic E-state index is 0.0785. The van der Waals surface area contributed by atoms with Gasteiger partial charge < -0.3 is 19.6 Å². The van der Waals surface area contributed by atoms with Gasteiger partial charge in [0.15, 0.2) is 6.10 Å². The van der Waals surface area contributed by atoms with E-state index in [1.807, 2.05) is 0 Å². The van der Waals surface area contributed by atoms with Crippen molar-refractivity contribution in [2.24, 2.45) is 5.92 Å². The summed E-state index contributed by atoms with van der Waals surface area (Å²) >= 11 is 0. The molecule has 1 aromatic rings. The minimum Gasteiger partial charge on any atom is -0.481 e. The molecule has 200 valence electrons. The fraction of sp³-hybridized carbons (Fsp3) is 0.692. The number of carbonyl (C=O) groups is 2. The van der Waals surface area contributed by atoms with Gasteiger partial charge in [0, 0.05) is 44.0 Å². The molecule has 10 heteroatoms. The normalized spacial score (nSPS) is 22.1. The second-order valence-electron chi connectivity index (χ2n) is 10.5. The molecule has 0 radical (unpaired) electrons. The maximum absolute atomic E-state index is 12.8. The van der Waals surface area contributed by atoms with E-state index >= 15 is 0 Å². The van der Waals surface area contributed by atoms with Gasteiger partial charge in [-0.3, -0.25) is 9.69 Å². The van der Waals surface area contributed by atoms with Crippen molar-refractivity contribution < 1.29 is 32.6 Å². The molecule has 0 aromatic heterocycles. The highest BCUT2D eigenvalue weighted by Crippen LogP contribution is 2.41. The van der Waals surface area contributed by atoms with Crippen LogP contribution in [0.25, 0.3) is 0 Å². The van der Waals surface area contributed by atoms with Gasteiger partial charge in [0.05, 0.1) is 5.92 Å². The van der Waals surface area contributed by atoms with Gasteiger partial charge in [-0.25, -0.2) is 4.79 Å². The van der Waals surface area contributed by atoms with Crippen LogP contribution in [0.1, 0.15) is 56.6 Å². The summed E-state index contributed by atoms with van der Waals surface area (Å²) in [6, 6.07) is 6.44. The quantitative estimate of drug-likeness (QED) is 0.612. The van der Waals surface area contributed by atoms with Crippen LogP contribution in [-0.4, -0.2) is 77.5 Å². The predicted molar refractivity (Wildman–Crippen MR) is 129 cm³/mol. The topological polar surface area (TPSA) is 73.3 Å². The highest BCUT2D eigenvalue weighted by Gasteiger charge is 2.45. The zero-order chi connectivity index (χ0) is 26.1. The van der Waals surface area contributed by atoms with Crippen molar-refractivity contribution in [3.63, 3.8) is 0 Å². The van der Waals surface area contributed by atoms with E-state index in [2.05, 4.69) is 39.7 Å². The summed E-state index contributed by atoms with van der Waals surface area (Å²) in [7, 11) is 0. The first-order valence-electron chi connectivity index (χ1n) is 12.8. The Morgan fingerprint density at radius 3 is 2.39 bits per heavy atom. The summed E-state index contributed by atoms with van der Waals surface area (Å²) in [6.45, 7) is 6.78. The number of aliphatic carboxylic acids is 1. The van der Waals surface area contributed by atoms with Crippen molar-refractivity contribution in [3.05, 3.63) is 29.3 Å². The third kappa shape index (κ3) is 5.74. The Morgan fingerprint density at radius 2 is 1.78 bits per heavy atom. The van der Waals surface area contributed by atoms with Crippen LogP contribution < -0.4 is 4.90 Å². The number of halogens is 3. The SMILES string of the molecule is Cc1ccc(CN2CCCC23CCN(C(=O)OC(C)C(F)(F)F)CC3)c(N2CCC(C(=O)O)CC2)c1. The van der Waals surface area contributed by atoms with Gasteiger partial charge in [0.1, 0.15) is 0 Å². The van der Waals surface area contributed by atoms with E-state index in [-0.39, 0.29) is 11.5 Å². The molecule has 7 nitrogen and oxygen atoms in total. The number of aryl methyl sites for hydroxylation is 1. The first-order valence-corrected chi connectivity index (χ1v) is 12.8. The van der Waals surface area contributed by atoms with E-state index in [4.69, 9.17) is 0 Å². The average Bonchev–Trinajstić information content (AvgIpc) is 3.21. The van der Waals surface area contributed by atoms with Gasteiger partial charge in [0.25, 0.3) is 0 Å². The molecule has 1 aromatic carbocycles. The zero-order valence-corrected chi connectivity index (χ0v) is 21.0. The van der Waals surface area contributed by atoms with Crippen LogP contribution in [0.3, 0.4) is 0 Å². The molecule has 3 heterocycles. The summed E-state index contributed by atoms with van der Waals surface area (Å²) in [4.78, 5) is 29.8. The number of likely N-dealkylation sites (tertiary alicyclic amines) is 2. The third-order valence-corrected chi connectivity index (χ3v) is 8.22. The van der Waals surface area contributed by atoms with E-state index in [0.717, 1.165) is 44.1 Å². The first-order chi connectivity index (χ1) is 17.0. The van der Waals surface area contributed by atoms with Crippen LogP contribution in [-0.2, 0) is 16.1 Å². The fourth-order valence-electron chi connectivity index (χ4n) is 5.88. The number of carbonyl (C=O) groups excluding carboxylic acids is 1. The fourth-order valence-corrected chi connectivity index (χ4v) is 5.88. The predicted octanol–water partition coefficient (Wildman–Crippen LogP) is 4.81. The van der Waals surface area contributed by atoms with Crippen LogP contribution in [0, 0.1) is 12.8 Å². The Bertz CT molecular complexity index is 954. The van der Waals surface area contributed by atoms with Crippen molar-refractivity contribution in [2.45, 2.75) is 76.7 Å². The van der Waals surface area contributed by atoms with E-state index in [9.17, 15) is 27.9 Å². The maximum atomic E-state index is 12.8. The van der Waals surface area contributed by atoms with E-state index in [1.54, 1.807) is 0 Å². The number of carboxylic acids is 1. The Kier molecular flexibility index (Phi) is 7.73. The number of amides is 1. The third-order valence-electron chi connectivity index (χ3n) is 8.22. The molecule has 3 aliphatic heterocycles. The Hall–Kier alpha value is -2.49. The van der Waals surface area contributed by atoms with E-state index in [1.165, 1.54) is 10.5 Å². The average molecular weight is 512 g/mol. The number of alkyl halides is 3. The number of ether oxygens (including phenoxy) is 1. The van der Waals surface area contributed by atoms with Crippen LogP contribution in [0.5, 0.6) is 0 Å². The smallest absolute Gasteiger partial charge is 0.425 e. The maximum Gasteiger partial charge on any atom is 0.425 e. The number of carboxylic acid groups (broad SMARTS) is 1. The monoisotopic (exact) mass is 511 g/mol. The standard InChI is InChI=1S/C26H36F3N3O4/c1-18-4-5-21(22(16-18)30-12-6-20(7-13-30)23(33)34)17-32-11-3-8-25(32)9-14-31(15-10-25)24(35)36-19(2)26(27,28)29/h4-5,16,19-20H,3,6-15,17H2,1-2H3,(H,33,34). The molecule has 1 N–H and O–H groups in total. The lowest BCUT2D eigenvalue weighted by molar-refractivity contribution is -0.200. The van der Waals surface area contributed by atoms with Crippen LogP contribution in [0.4, 0.5) is 23.7 Å².